The molecule has 7 heteroatoms. The van der Waals surface area contributed by atoms with Crippen LogP contribution in [0.15, 0.2) is 35.2 Å². The summed E-state index contributed by atoms with van der Waals surface area (Å²) in [7, 11) is 0. The van der Waals surface area contributed by atoms with Crippen LogP contribution in [0.5, 0.6) is 5.75 Å². The lowest BCUT2D eigenvalue weighted by Gasteiger charge is -2.10. The van der Waals surface area contributed by atoms with E-state index in [4.69, 9.17) is 0 Å². The van der Waals surface area contributed by atoms with Gasteiger partial charge in [-0.1, -0.05) is 18.2 Å². The minimum Gasteiger partial charge on any atom is -0.487 e. The Labute approximate surface area is 121 Å². The highest BCUT2D eigenvalue weighted by Gasteiger charge is 2.26. The van der Waals surface area contributed by atoms with Gasteiger partial charge in [-0.3, -0.25) is 0 Å². The third-order valence-corrected chi connectivity index (χ3v) is 3.49. The first kappa shape index (κ1) is 15.6. The van der Waals surface area contributed by atoms with Crippen LogP contribution in [0.1, 0.15) is 0 Å². The third-order valence-electron chi connectivity index (χ3n) is 2.51. The fraction of sp³-hybridized carbons (Fsp3) is 0.143. The molecule has 0 unspecified atom stereocenters. The molecular weight excluding hydrogens is 311 g/mol. The Morgan fingerprint density at radius 1 is 0.762 bits per heavy atom. The van der Waals surface area contributed by atoms with Crippen molar-refractivity contribution in [1.82, 2.24) is 0 Å². The largest absolute Gasteiger partial charge is 0.487 e. The van der Waals surface area contributed by atoms with Crippen LogP contribution in [0.3, 0.4) is 0 Å². The van der Waals surface area contributed by atoms with Gasteiger partial charge >= 0.3 is 0 Å². The SMILES string of the molecule is Fc1c(F)c(F)c(OCCSc2ccccc2)c(F)c1F. The van der Waals surface area contributed by atoms with E-state index in [-0.39, 0.29) is 6.61 Å². The van der Waals surface area contributed by atoms with Gasteiger partial charge in [-0.15, -0.1) is 11.8 Å². The zero-order valence-electron chi connectivity index (χ0n) is 10.5. The third kappa shape index (κ3) is 3.47. The van der Waals surface area contributed by atoms with Crippen LogP contribution in [0.4, 0.5) is 22.0 Å². The molecule has 0 aliphatic heterocycles. The normalized spacial score (nSPS) is 10.7. The summed E-state index contributed by atoms with van der Waals surface area (Å²) >= 11 is 1.33. The molecule has 112 valence electrons. The van der Waals surface area contributed by atoms with Gasteiger partial charge in [0.05, 0.1) is 6.61 Å². The van der Waals surface area contributed by atoms with Gasteiger partial charge in [0, 0.05) is 10.6 Å². The molecule has 0 aliphatic carbocycles. The van der Waals surface area contributed by atoms with Crippen molar-refractivity contribution in [2.45, 2.75) is 4.90 Å². The summed E-state index contributed by atoms with van der Waals surface area (Å²) in [5, 5.41) is 0. The zero-order valence-corrected chi connectivity index (χ0v) is 11.3. The van der Waals surface area contributed by atoms with Crippen LogP contribution in [0.25, 0.3) is 0 Å². The zero-order chi connectivity index (χ0) is 15.4. The first-order valence-corrected chi connectivity index (χ1v) is 6.83. The highest BCUT2D eigenvalue weighted by molar-refractivity contribution is 7.99. The van der Waals surface area contributed by atoms with Crippen molar-refractivity contribution in [3.63, 3.8) is 0 Å². The van der Waals surface area contributed by atoms with Crippen molar-refractivity contribution in [2.24, 2.45) is 0 Å². The number of ether oxygens (including phenoxy) is 1. The Morgan fingerprint density at radius 2 is 1.29 bits per heavy atom. The molecule has 0 heterocycles. The first-order valence-electron chi connectivity index (χ1n) is 5.84. The van der Waals surface area contributed by atoms with E-state index in [0.717, 1.165) is 4.90 Å². The predicted octanol–water partition coefficient (Wildman–Crippen LogP) is 4.55. The summed E-state index contributed by atoms with van der Waals surface area (Å²) in [5.74, 6) is -11.1. The highest BCUT2D eigenvalue weighted by Crippen LogP contribution is 2.29. The molecule has 0 fully saturated rings. The molecule has 0 amide bonds. The molecule has 1 nitrogen and oxygen atoms in total. The van der Waals surface area contributed by atoms with Crippen LogP contribution in [-0.2, 0) is 0 Å². The Morgan fingerprint density at radius 3 is 1.86 bits per heavy atom. The van der Waals surface area contributed by atoms with Crippen LogP contribution >= 0.6 is 11.8 Å². The van der Waals surface area contributed by atoms with Gasteiger partial charge in [0.15, 0.2) is 5.75 Å². The second-order valence-corrected chi connectivity index (χ2v) is 5.08. The van der Waals surface area contributed by atoms with Crippen LogP contribution in [0, 0.1) is 29.1 Å². The predicted molar refractivity (Wildman–Crippen MR) is 68.9 cm³/mol. The van der Waals surface area contributed by atoms with Crippen LogP contribution in [0.2, 0.25) is 0 Å². The second kappa shape index (κ2) is 6.80. The standard InChI is InChI=1S/C14H9F5OS/c15-9-10(16)12(18)14(13(19)11(9)17)20-6-7-21-8-4-2-1-3-5-8/h1-5H,6-7H2. The van der Waals surface area contributed by atoms with Crippen LogP contribution < -0.4 is 4.74 Å². The number of rotatable bonds is 5. The molecule has 21 heavy (non-hydrogen) atoms. The molecule has 2 aromatic carbocycles. The van der Waals surface area contributed by atoms with E-state index in [9.17, 15) is 22.0 Å². The smallest absolute Gasteiger partial charge is 0.206 e. The Kier molecular flexibility index (Phi) is 5.06. The summed E-state index contributed by atoms with van der Waals surface area (Å²) < 4.78 is 70.0. The lowest BCUT2D eigenvalue weighted by molar-refractivity contribution is 0.277. The number of hydrogen-bond donors (Lipinski definition) is 0. The van der Waals surface area contributed by atoms with E-state index >= 15 is 0 Å². The van der Waals surface area contributed by atoms with Crippen molar-refractivity contribution in [2.75, 3.05) is 12.4 Å². The molecule has 0 saturated heterocycles. The average molecular weight is 320 g/mol. The van der Waals surface area contributed by atoms with Gasteiger partial charge in [-0.2, -0.15) is 8.78 Å². The first-order chi connectivity index (χ1) is 10.0. The lowest BCUT2D eigenvalue weighted by atomic mass is 10.2. The summed E-state index contributed by atoms with van der Waals surface area (Å²) in [6.45, 7) is -0.197. The second-order valence-electron chi connectivity index (χ2n) is 3.91. The molecule has 0 aliphatic rings. The molecule has 0 bridgehead atoms. The molecule has 0 saturated carbocycles. The van der Waals surface area contributed by atoms with E-state index in [2.05, 4.69) is 4.74 Å². The fourth-order valence-corrected chi connectivity index (χ4v) is 2.28. The maximum atomic E-state index is 13.3. The lowest BCUT2D eigenvalue weighted by Crippen LogP contribution is -2.09. The monoisotopic (exact) mass is 320 g/mol. The Balaban J connectivity index is 2.01. The molecule has 2 aromatic rings. The van der Waals surface area contributed by atoms with E-state index in [1.54, 1.807) is 0 Å². The van der Waals surface area contributed by atoms with E-state index in [1.165, 1.54) is 11.8 Å². The van der Waals surface area contributed by atoms with E-state index < -0.39 is 34.8 Å². The maximum absolute atomic E-state index is 13.3. The minimum absolute atomic E-state index is 0.197. The number of benzene rings is 2. The molecular formula is C14H9F5OS. The quantitative estimate of drug-likeness (QED) is 0.263. The van der Waals surface area contributed by atoms with Gasteiger partial charge in [0.2, 0.25) is 29.1 Å². The van der Waals surface area contributed by atoms with Crippen molar-refractivity contribution >= 4 is 11.8 Å². The maximum Gasteiger partial charge on any atom is 0.206 e. The van der Waals surface area contributed by atoms with Gasteiger partial charge < -0.3 is 4.74 Å². The highest BCUT2D eigenvalue weighted by atomic mass is 32.2. The van der Waals surface area contributed by atoms with Crippen molar-refractivity contribution in [3.05, 3.63) is 59.4 Å². The Bertz CT molecular complexity index is 604. The van der Waals surface area contributed by atoms with E-state index in [0.29, 0.717) is 5.75 Å². The molecule has 2 rings (SSSR count). The van der Waals surface area contributed by atoms with Gasteiger partial charge in [0.1, 0.15) is 0 Å². The number of thioether (sulfide) groups is 1. The van der Waals surface area contributed by atoms with Gasteiger partial charge in [-0.25, -0.2) is 13.2 Å². The number of hydrogen-bond acceptors (Lipinski definition) is 2. The van der Waals surface area contributed by atoms with E-state index in [1.807, 2.05) is 30.3 Å². The minimum atomic E-state index is -2.20. The summed E-state index contributed by atoms with van der Waals surface area (Å²) in [6.07, 6.45) is 0. The molecule has 0 spiro atoms. The average Bonchev–Trinajstić information content (AvgIpc) is 2.51. The Hall–Kier alpha value is -1.76. The van der Waals surface area contributed by atoms with Gasteiger partial charge in [0.25, 0.3) is 0 Å². The number of halogens is 5. The van der Waals surface area contributed by atoms with Crippen molar-refractivity contribution in [3.8, 4) is 5.75 Å². The molecule has 0 atom stereocenters. The molecule has 0 radical (unpaired) electrons. The van der Waals surface area contributed by atoms with Crippen LogP contribution in [-0.4, -0.2) is 12.4 Å². The summed E-state index contributed by atoms with van der Waals surface area (Å²) in [5.41, 5.74) is 0. The molecule has 0 aromatic heterocycles. The summed E-state index contributed by atoms with van der Waals surface area (Å²) in [6, 6.07) is 9.10. The fourth-order valence-electron chi connectivity index (χ4n) is 1.53. The topological polar surface area (TPSA) is 9.23 Å². The van der Waals surface area contributed by atoms with Crippen molar-refractivity contribution in [1.29, 1.82) is 0 Å². The molecule has 0 N–H and O–H groups in total. The van der Waals surface area contributed by atoms with Crippen molar-refractivity contribution < 1.29 is 26.7 Å². The summed E-state index contributed by atoms with van der Waals surface area (Å²) in [4.78, 5) is 0.901. The van der Waals surface area contributed by atoms with Gasteiger partial charge in [-0.05, 0) is 12.1 Å².